The van der Waals surface area contributed by atoms with E-state index in [1.165, 1.54) is 0 Å². The zero-order chi connectivity index (χ0) is 10.6. The van der Waals surface area contributed by atoms with Gasteiger partial charge in [0, 0.05) is 10.8 Å². The van der Waals surface area contributed by atoms with E-state index in [2.05, 4.69) is 0 Å². The molecule has 0 fully saturated rings. The molecular formula is C8H8BClF3KS. The van der Waals surface area contributed by atoms with E-state index >= 15 is 0 Å². The standard InChI is InChI=1S/C8H8BClF3S.K/c10-8-4-2-1-3-7(8)5-14-6-9(11,12)13;/h1-4H,5-6H2;/q-1;+1. The van der Waals surface area contributed by atoms with Crippen molar-refractivity contribution in [1.82, 2.24) is 0 Å². The Balaban J connectivity index is 0.00000196. The van der Waals surface area contributed by atoms with Crippen molar-refractivity contribution >= 4 is 30.3 Å². The van der Waals surface area contributed by atoms with Crippen LogP contribution in [0.4, 0.5) is 12.9 Å². The van der Waals surface area contributed by atoms with Crippen LogP contribution in [0, 0.1) is 0 Å². The van der Waals surface area contributed by atoms with Gasteiger partial charge in [0.15, 0.2) is 0 Å². The molecule has 0 amide bonds. The molecule has 1 aromatic rings. The van der Waals surface area contributed by atoms with Gasteiger partial charge in [0.05, 0.1) is 0 Å². The van der Waals surface area contributed by atoms with E-state index in [9.17, 15) is 12.9 Å². The topological polar surface area (TPSA) is 0 Å². The molecule has 0 unspecified atom stereocenters. The summed E-state index contributed by atoms with van der Waals surface area (Å²) in [6.45, 7) is -4.69. The Hall–Kier alpha value is 1.35. The van der Waals surface area contributed by atoms with E-state index in [0.29, 0.717) is 10.8 Å². The van der Waals surface area contributed by atoms with Crippen LogP contribution < -0.4 is 51.4 Å². The van der Waals surface area contributed by atoms with Crippen molar-refractivity contribution in [3.8, 4) is 0 Å². The van der Waals surface area contributed by atoms with Crippen LogP contribution in [-0.2, 0) is 5.75 Å². The van der Waals surface area contributed by atoms with Crippen LogP contribution in [0.5, 0.6) is 0 Å². The fourth-order valence-electron chi connectivity index (χ4n) is 0.918. The average Bonchev–Trinajstić information content (AvgIpc) is 2.06. The predicted octanol–water partition coefficient (Wildman–Crippen LogP) is 0.964. The normalized spacial score (nSPS) is 10.9. The average molecular weight is 279 g/mol. The Labute approximate surface area is 139 Å². The van der Waals surface area contributed by atoms with Gasteiger partial charge in [0.2, 0.25) is 0 Å². The minimum absolute atomic E-state index is 0. The Bertz CT molecular complexity index is 308. The van der Waals surface area contributed by atoms with Gasteiger partial charge in [0.1, 0.15) is 0 Å². The molecule has 0 nitrogen and oxygen atoms in total. The molecule has 78 valence electrons. The first-order chi connectivity index (χ1) is 6.49. The minimum atomic E-state index is -4.69. The zero-order valence-electron chi connectivity index (χ0n) is 8.22. The third kappa shape index (κ3) is 7.31. The van der Waals surface area contributed by atoms with Crippen molar-refractivity contribution in [3.05, 3.63) is 34.9 Å². The van der Waals surface area contributed by atoms with E-state index in [0.717, 1.165) is 17.3 Å². The third-order valence-electron chi connectivity index (χ3n) is 1.52. The molecule has 0 saturated heterocycles. The summed E-state index contributed by atoms with van der Waals surface area (Å²) in [7, 11) is 0. The van der Waals surface area contributed by atoms with Crippen LogP contribution in [0.15, 0.2) is 24.3 Å². The van der Waals surface area contributed by atoms with Gasteiger partial charge in [0.25, 0.3) is 0 Å². The Morgan fingerprint density at radius 2 is 1.80 bits per heavy atom. The number of hydrogen-bond donors (Lipinski definition) is 0. The maximum Gasteiger partial charge on any atom is 1.00 e. The van der Waals surface area contributed by atoms with E-state index < -0.39 is 12.6 Å². The third-order valence-corrected chi connectivity index (χ3v) is 3.02. The fraction of sp³-hybridized carbons (Fsp3) is 0.250. The van der Waals surface area contributed by atoms with Crippen molar-refractivity contribution in [2.75, 3.05) is 5.65 Å². The van der Waals surface area contributed by atoms with Crippen LogP contribution >= 0.6 is 23.4 Å². The molecule has 0 atom stereocenters. The summed E-state index contributed by atoms with van der Waals surface area (Å²) in [5.74, 6) is 0.306. The monoisotopic (exact) mass is 278 g/mol. The molecule has 0 saturated carbocycles. The largest absolute Gasteiger partial charge is 1.00 e. The summed E-state index contributed by atoms with van der Waals surface area (Å²) < 4.78 is 35.6. The van der Waals surface area contributed by atoms with Gasteiger partial charge in [-0.1, -0.05) is 29.8 Å². The zero-order valence-corrected chi connectivity index (χ0v) is 12.9. The molecule has 0 aliphatic heterocycles. The van der Waals surface area contributed by atoms with Gasteiger partial charge in [-0.25, -0.2) is 0 Å². The summed E-state index contributed by atoms with van der Waals surface area (Å²) >= 11 is 6.63. The number of rotatable bonds is 4. The fourth-order valence-corrected chi connectivity index (χ4v) is 2.06. The summed E-state index contributed by atoms with van der Waals surface area (Å²) in [6, 6.07) is 6.93. The summed E-state index contributed by atoms with van der Waals surface area (Å²) in [6.07, 6.45) is 0. The molecule has 0 heterocycles. The van der Waals surface area contributed by atoms with Crippen molar-refractivity contribution in [1.29, 1.82) is 0 Å². The molecule has 1 rings (SSSR count). The van der Waals surface area contributed by atoms with Crippen molar-refractivity contribution < 1.29 is 64.3 Å². The Kier molecular flexibility index (Phi) is 8.32. The molecular weight excluding hydrogens is 271 g/mol. The second kappa shape index (κ2) is 7.63. The SMILES string of the molecule is F[B-](F)(F)CSCc1ccccc1Cl.[K+]. The maximum atomic E-state index is 11.9. The second-order valence-electron chi connectivity index (χ2n) is 2.82. The molecule has 0 spiro atoms. The quantitative estimate of drug-likeness (QED) is 0.740. The smallest absolute Gasteiger partial charge is 0.448 e. The van der Waals surface area contributed by atoms with Crippen molar-refractivity contribution in [2.45, 2.75) is 5.75 Å². The minimum Gasteiger partial charge on any atom is -0.448 e. The van der Waals surface area contributed by atoms with Gasteiger partial charge < -0.3 is 12.9 Å². The molecule has 0 aliphatic rings. The van der Waals surface area contributed by atoms with Gasteiger partial charge in [-0.15, -0.1) is 0 Å². The molecule has 0 aliphatic carbocycles. The van der Waals surface area contributed by atoms with Crippen molar-refractivity contribution in [3.63, 3.8) is 0 Å². The van der Waals surface area contributed by atoms with E-state index in [1.54, 1.807) is 24.3 Å². The van der Waals surface area contributed by atoms with Crippen LogP contribution in [0.1, 0.15) is 5.56 Å². The molecule has 1 aromatic carbocycles. The Morgan fingerprint density at radius 3 is 2.33 bits per heavy atom. The number of thioether (sulfide) groups is 1. The van der Waals surface area contributed by atoms with Gasteiger partial charge in [-0.2, -0.15) is 11.8 Å². The van der Waals surface area contributed by atoms with Crippen molar-refractivity contribution in [2.24, 2.45) is 0 Å². The molecule has 0 radical (unpaired) electrons. The number of benzene rings is 1. The van der Waals surface area contributed by atoms with Crippen LogP contribution in [0.3, 0.4) is 0 Å². The maximum absolute atomic E-state index is 11.9. The summed E-state index contributed by atoms with van der Waals surface area (Å²) in [4.78, 5) is 0. The number of halogens is 4. The van der Waals surface area contributed by atoms with Gasteiger partial charge >= 0.3 is 58.4 Å². The van der Waals surface area contributed by atoms with Gasteiger partial charge in [-0.05, 0) is 17.3 Å². The van der Waals surface area contributed by atoms with Gasteiger partial charge in [-0.3, -0.25) is 0 Å². The molecule has 15 heavy (non-hydrogen) atoms. The van der Waals surface area contributed by atoms with E-state index in [1.807, 2.05) is 0 Å². The Morgan fingerprint density at radius 1 is 1.20 bits per heavy atom. The van der Waals surface area contributed by atoms with E-state index in [-0.39, 0.29) is 51.4 Å². The molecule has 0 aromatic heterocycles. The van der Waals surface area contributed by atoms with Crippen LogP contribution in [0.2, 0.25) is 5.02 Å². The number of hydrogen-bond acceptors (Lipinski definition) is 1. The predicted molar refractivity (Wildman–Crippen MR) is 56.7 cm³/mol. The molecule has 7 heteroatoms. The van der Waals surface area contributed by atoms with Crippen LogP contribution in [-0.4, -0.2) is 12.6 Å². The molecule has 0 bridgehead atoms. The van der Waals surface area contributed by atoms with E-state index in [4.69, 9.17) is 11.6 Å². The summed E-state index contributed by atoms with van der Waals surface area (Å²) in [5, 5.41) is 0.523. The molecule has 0 N–H and O–H groups in total. The van der Waals surface area contributed by atoms with Crippen LogP contribution in [0.25, 0.3) is 0 Å². The first kappa shape index (κ1) is 16.4. The second-order valence-corrected chi connectivity index (χ2v) is 4.25. The first-order valence-corrected chi connectivity index (χ1v) is 5.54. The first-order valence-electron chi connectivity index (χ1n) is 4.01. The summed E-state index contributed by atoms with van der Waals surface area (Å²) in [5.41, 5.74) is -0.0233.